The van der Waals surface area contributed by atoms with Gasteiger partial charge in [-0.3, -0.25) is 0 Å². The predicted molar refractivity (Wildman–Crippen MR) is 62.4 cm³/mol. The van der Waals surface area contributed by atoms with Gasteiger partial charge in [-0.25, -0.2) is 4.39 Å². The van der Waals surface area contributed by atoms with Crippen LogP contribution in [-0.2, 0) is 6.67 Å². The largest absolute Gasteiger partial charge is 0.496 e. The lowest BCUT2D eigenvalue weighted by Gasteiger charge is -2.27. The van der Waals surface area contributed by atoms with Crippen molar-refractivity contribution < 1.29 is 9.13 Å². The maximum Gasteiger partial charge on any atom is 0.124 e. The first-order chi connectivity index (χ1) is 7.86. The van der Waals surface area contributed by atoms with E-state index in [9.17, 15) is 4.39 Å². The van der Waals surface area contributed by atoms with Crippen LogP contribution in [0.2, 0.25) is 0 Å². The summed E-state index contributed by atoms with van der Waals surface area (Å²) >= 11 is 0. The molecule has 2 nitrogen and oxygen atoms in total. The van der Waals surface area contributed by atoms with Crippen molar-refractivity contribution >= 4 is 0 Å². The number of piperidine rings is 1. The highest BCUT2D eigenvalue weighted by molar-refractivity contribution is 5.42. The van der Waals surface area contributed by atoms with Crippen LogP contribution in [0, 0.1) is 0 Å². The quantitative estimate of drug-likeness (QED) is 0.850. The minimum absolute atomic E-state index is 0.246. The topological polar surface area (TPSA) is 21.3 Å². The summed E-state index contributed by atoms with van der Waals surface area (Å²) < 4.78 is 18.3. The van der Waals surface area contributed by atoms with E-state index in [1.165, 1.54) is 12.8 Å². The monoisotopic (exact) mass is 223 g/mol. The first kappa shape index (κ1) is 11.4. The summed E-state index contributed by atoms with van der Waals surface area (Å²) in [6.45, 7) is 0.582. The van der Waals surface area contributed by atoms with E-state index < -0.39 is 6.67 Å². The van der Waals surface area contributed by atoms with E-state index in [1.807, 2.05) is 18.2 Å². The first-order valence-corrected chi connectivity index (χ1v) is 5.82. The molecule has 1 fully saturated rings. The van der Waals surface area contributed by atoms with Crippen LogP contribution in [0.25, 0.3) is 0 Å². The molecule has 1 aliphatic rings. The summed E-state index contributed by atoms with van der Waals surface area (Å²) in [6, 6.07) is 5.84. The van der Waals surface area contributed by atoms with Gasteiger partial charge in [-0.15, -0.1) is 0 Å². The van der Waals surface area contributed by atoms with Crippen LogP contribution in [0.4, 0.5) is 4.39 Å². The third-order valence-electron chi connectivity index (χ3n) is 3.18. The molecule has 0 amide bonds. The van der Waals surface area contributed by atoms with E-state index in [0.717, 1.165) is 29.8 Å². The number of nitrogens with one attached hydrogen (secondary N) is 1. The maximum atomic E-state index is 13.0. The molecule has 0 spiro atoms. The van der Waals surface area contributed by atoms with E-state index in [2.05, 4.69) is 5.32 Å². The molecule has 0 radical (unpaired) electrons. The minimum Gasteiger partial charge on any atom is -0.496 e. The number of halogens is 1. The average Bonchev–Trinajstić information content (AvgIpc) is 2.38. The molecule has 1 aromatic carbocycles. The van der Waals surface area contributed by atoms with Gasteiger partial charge in [0, 0.05) is 11.6 Å². The predicted octanol–water partition coefficient (Wildman–Crippen LogP) is 2.98. The Kier molecular flexibility index (Phi) is 3.78. The molecule has 16 heavy (non-hydrogen) atoms. The van der Waals surface area contributed by atoms with Crippen molar-refractivity contribution in [2.45, 2.75) is 32.0 Å². The molecule has 1 unspecified atom stereocenters. The van der Waals surface area contributed by atoms with Gasteiger partial charge in [0.05, 0.1) is 7.11 Å². The molecule has 0 aromatic heterocycles. The third kappa shape index (κ3) is 2.19. The fourth-order valence-electron chi connectivity index (χ4n) is 2.38. The molecule has 1 atom stereocenters. The molecule has 1 N–H and O–H groups in total. The zero-order chi connectivity index (χ0) is 11.4. The van der Waals surface area contributed by atoms with Crippen LogP contribution < -0.4 is 10.1 Å². The Balaban J connectivity index is 2.34. The molecular formula is C13H18FNO. The average molecular weight is 223 g/mol. The maximum absolute atomic E-state index is 13.0. The van der Waals surface area contributed by atoms with Gasteiger partial charge < -0.3 is 10.1 Å². The number of benzene rings is 1. The Morgan fingerprint density at radius 2 is 2.31 bits per heavy atom. The Labute approximate surface area is 95.8 Å². The van der Waals surface area contributed by atoms with E-state index in [-0.39, 0.29) is 6.04 Å². The second-order valence-electron chi connectivity index (χ2n) is 4.17. The fourth-order valence-corrected chi connectivity index (χ4v) is 2.38. The van der Waals surface area contributed by atoms with Gasteiger partial charge in [-0.2, -0.15) is 0 Å². The molecule has 2 rings (SSSR count). The third-order valence-corrected chi connectivity index (χ3v) is 3.18. The van der Waals surface area contributed by atoms with Gasteiger partial charge >= 0.3 is 0 Å². The van der Waals surface area contributed by atoms with Gasteiger partial charge in [0.2, 0.25) is 0 Å². The summed E-state index contributed by atoms with van der Waals surface area (Å²) in [7, 11) is 1.64. The van der Waals surface area contributed by atoms with Gasteiger partial charge in [0.25, 0.3) is 0 Å². The van der Waals surface area contributed by atoms with E-state index in [0.29, 0.717) is 0 Å². The second kappa shape index (κ2) is 5.30. The zero-order valence-corrected chi connectivity index (χ0v) is 9.63. The van der Waals surface area contributed by atoms with E-state index in [4.69, 9.17) is 4.74 Å². The van der Waals surface area contributed by atoms with Crippen molar-refractivity contribution in [2.24, 2.45) is 0 Å². The summed E-state index contributed by atoms with van der Waals surface area (Å²) in [5, 5.41) is 3.44. The van der Waals surface area contributed by atoms with Gasteiger partial charge in [-0.05, 0) is 31.0 Å². The molecule has 0 saturated carbocycles. The molecule has 1 saturated heterocycles. The number of methoxy groups -OCH3 is 1. The Bertz CT molecular complexity index is 326. The molecule has 1 aromatic rings. The highest BCUT2D eigenvalue weighted by atomic mass is 19.1. The number of hydrogen-bond acceptors (Lipinski definition) is 2. The van der Waals surface area contributed by atoms with Crippen LogP contribution in [-0.4, -0.2) is 13.7 Å². The lowest BCUT2D eigenvalue weighted by atomic mass is 9.93. The fraction of sp³-hybridized carbons (Fsp3) is 0.538. The summed E-state index contributed by atoms with van der Waals surface area (Å²) in [5.74, 6) is 0.801. The normalized spacial score (nSPS) is 20.8. The molecule has 0 bridgehead atoms. The smallest absolute Gasteiger partial charge is 0.124 e. The highest BCUT2D eigenvalue weighted by Crippen LogP contribution is 2.33. The first-order valence-electron chi connectivity index (χ1n) is 5.82. The van der Waals surface area contributed by atoms with Crippen LogP contribution in [0.5, 0.6) is 5.75 Å². The van der Waals surface area contributed by atoms with Crippen molar-refractivity contribution in [3.63, 3.8) is 0 Å². The number of hydrogen-bond donors (Lipinski definition) is 1. The number of alkyl halides is 1. The molecule has 1 aliphatic heterocycles. The molecule has 1 heterocycles. The van der Waals surface area contributed by atoms with Crippen molar-refractivity contribution in [2.75, 3.05) is 13.7 Å². The molecule has 3 heteroatoms. The second-order valence-corrected chi connectivity index (χ2v) is 4.17. The SMILES string of the molecule is COc1cccc(CF)c1C1CCCCN1. The Morgan fingerprint density at radius 3 is 2.94 bits per heavy atom. The lowest BCUT2D eigenvalue weighted by molar-refractivity contribution is 0.366. The van der Waals surface area contributed by atoms with Gasteiger partial charge in [0.15, 0.2) is 0 Å². The van der Waals surface area contributed by atoms with Crippen molar-refractivity contribution in [1.82, 2.24) is 5.32 Å². The van der Waals surface area contributed by atoms with Crippen LogP contribution in [0.1, 0.15) is 36.4 Å². The summed E-state index contributed by atoms with van der Waals surface area (Å²) in [5.41, 5.74) is 1.76. The van der Waals surface area contributed by atoms with E-state index in [1.54, 1.807) is 7.11 Å². The van der Waals surface area contributed by atoms with E-state index >= 15 is 0 Å². The molecule has 0 aliphatic carbocycles. The Hall–Kier alpha value is -1.09. The Morgan fingerprint density at radius 1 is 1.44 bits per heavy atom. The highest BCUT2D eigenvalue weighted by Gasteiger charge is 2.21. The standard InChI is InChI=1S/C13H18FNO/c1-16-12-7-4-5-10(9-14)13(12)11-6-2-3-8-15-11/h4-5,7,11,15H,2-3,6,8-9H2,1H3. The van der Waals surface area contributed by atoms with Crippen molar-refractivity contribution in [3.8, 4) is 5.75 Å². The number of ether oxygens (including phenoxy) is 1. The zero-order valence-electron chi connectivity index (χ0n) is 9.63. The van der Waals surface area contributed by atoms with Crippen molar-refractivity contribution in [3.05, 3.63) is 29.3 Å². The minimum atomic E-state index is -0.426. The summed E-state index contributed by atoms with van der Waals surface area (Å²) in [4.78, 5) is 0. The number of rotatable bonds is 3. The van der Waals surface area contributed by atoms with Gasteiger partial charge in [-0.1, -0.05) is 18.6 Å². The summed E-state index contributed by atoms with van der Waals surface area (Å²) in [6.07, 6.45) is 3.46. The molecular weight excluding hydrogens is 205 g/mol. The molecule has 88 valence electrons. The van der Waals surface area contributed by atoms with Gasteiger partial charge in [0.1, 0.15) is 12.4 Å². The lowest BCUT2D eigenvalue weighted by Crippen LogP contribution is -2.27. The van der Waals surface area contributed by atoms with Crippen LogP contribution in [0.15, 0.2) is 18.2 Å². The van der Waals surface area contributed by atoms with Crippen LogP contribution >= 0.6 is 0 Å². The van der Waals surface area contributed by atoms with Crippen molar-refractivity contribution in [1.29, 1.82) is 0 Å². The van der Waals surface area contributed by atoms with Crippen LogP contribution in [0.3, 0.4) is 0 Å².